The minimum absolute atomic E-state index is 0.137. The summed E-state index contributed by atoms with van der Waals surface area (Å²) in [7, 11) is 0. The third-order valence-electron chi connectivity index (χ3n) is 2.27. The van der Waals surface area contributed by atoms with Gasteiger partial charge in [-0.15, -0.1) is 0 Å². The lowest BCUT2D eigenvalue weighted by Crippen LogP contribution is -2.40. The van der Waals surface area contributed by atoms with Gasteiger partial charge in [-0.2, -0.15) is 0 Å². The molecule has 1 aromatic carbocycles. The SMILES string of the molecule is CC(C)CN(CC(=O)O)C(=O)Nc1cccc(F)c1. The minimum Gasteiger partial charge on any atom is -0.480 e. The largest absolute Gasteiger partial charge is 0.480 e. The summed E-state index contributed by atoms with van der Waals surface area (Å²) in [6, 6.07) is 4.89. The van der Waals surface area contributed by atoms with Gasteiger partial charge in [-0.05, 0) is 24.1 Å². The second-order valence-corrected chi connectivity index (χ2v) is 4.61. The highest BCUT2D eigenvalue weighted by atomic mass is 19.1. The smallest absolute Gasteiger partial charge is 0.323 e. The second-order valence-electron chi connectivity index (χ2n) is 4.61. The highest BCUT2D eigenvalue weighted by molar-refractivity contribution is 5.91. The maximum atomic E-state index is 13.0. The van der Waals surface area contributed by atoms with Gasteiger partial charge in [0.05, 0.1) is 0 Å². The van der Waals surface area contributed by atoms with Crippen LogP contribution in [0.3, 0.4) is 0 Å². The Kier molecular flexibility index (Phi) is 5.29. The van der Waals surface area contributed by atoms with Crippen molar-refractivity contribution in [1.82, 2.24) is 4.90 Å². The Labute approximate surface area is 111 Å². The summed E-state index contributed by atoms with van der Waals surface area (Å²) in [6.07, 6.45) is 0. The number of carboxylic acid groups (broad SMARTS) is 1. The van der Waals surface area contributed by atoms with Crippen LogP contribution in [0.2, 0.25) is 0 Å². The lowest BCUT2D eigenvalue weighted by molar-refractivity contribution is -0.137. The molecule has 104 valence electrons. The summed E-state index contributed by atoms with van der Waals surface area (Å²) in [5.74, 6) is -1.42. The third-order valence-corrected chi connectivity index (χ3v) is 2.27. The van der Waals surface area contributed by atoms with Crippen molar-refractivity contribution < 1.29 is 19.1 Å². The number of carbonyl (C=O) groups is 2. The Hall–Kier alpha value is -2.11. The molecular formula is C13H17FN2O3. The van der Waals surface area contributed by atoms with E-state index in [-0.39, 0.29) is 12.5 Å². The van der Waals surface area contributed by atoms with E-state index in [4.69, 9.17) is 5.11 Å². The summed E-state index contributed by atoms with van der Waals surface area (Å²) in [6.45, 7) is 3.68. The molecular weight excluding hydrogens is 251 g/mol. The first kappa shape index (κ1) is 14.9. The number of nitrogens with zero attached hydrogens (tertiary/aromatic N) is 1. The molecule has 0 aliphatic heterocycles. The van der Waals surface area contributed by atoms with Crippen LogP contribution in [0.5, 0.6) is 0 Å². The summed E-state index contributed by atoms with van der Waals surface area (Å²) in [5.41, 5.74) is 0.296. The molecule has 0 heterocycles. The highest BCUT2D eigenvalue weighted by Crippen LogP contribution is 2.10. The molecule has 6 heteroatoms. The van der Waals surface area contributed by atoms with E-state index in [1.807, 2.05) is 13.8 Å². The molecule has 0 spiro atoms. The fraction of sp³-hybridized carbons (Fsp3) is 0.385. The number of benzene rings is 1. The van der Waals surface area contributed by atoms with Crippen molar-refractivity contribution >= 4 is 17.7 Å². The molecule has 2 amide bonds. The second kappa shape index (κ2) is 6.72. The van der Waals surface area contributed by atoms with E-state index in [1.54, 1.807) is 0 Å². The van der Waals surface area contributed by atoms with E-state index in [0.29, 0.717) is 12.2 Å². The molecule has 0 bridgehead atoms. The number of rotatable bonds is 5. The molecule has 0 aromatic heterocycles. The van der Waals surface area contributed by atoms with Crippen molar-refractivity contribution in [2.45, 2.75) is 13.8 Å². The molecule has 0 aliphatic rings. The number of nitrogens with one attached hydrogen (secondary N) is 1. The topological polar surface area (TPSA) is 69.6 Å². The zero-order valence-corrected chi connectivity index (χ0v) is 10.9. The summed E-state index contributed by atoms with van der Waals surface area (Å²) in [5, 5.41) is 11.3. The summed E-state index contributed by atoms with van der Waals surface area (Å²) >= 11 is 0. The number of halogens is 1. The van der Waals surface area contributed by atoms with Crippen molar-refractivity contribution in [3.8, 4) is 0 Å². The van der Waals surface area contributed by atoms with Gasteiger partial charge in [0.25, 0.3) is 0 Å². The van der Waals surface area contributed by atoms with E-state index >= 15 is 0 Å². The average Bonchev–Trinajstić information content (AvgIpc) is 2.26. The van der Waals surface area contributed by atoms with E-state index < -0.39 is 17.8 Å². The molecule has 0 aliphatic carbocycles. The van der Waals surface area contributed by atoms with Crippen LogP contribution in [0.15, 0.2) is 24.3 Å². The zero-order chi connectivity index (χ0) is 14.4. The molecule has 1 rings (SSSR count). The molecule has 1 aromatic rings. The number of amides is 2. The number of hydrogen-bond acceptors (Lipinski definition) is 2. The minimum atomic E-state index is -1.09. The number of hydrogen-bond donors (Lipinski definition) is 2. The van der Waals surface area contributed by atoms with E-state index in [2.05, 4.69) is 5.32 Å². The predicted octanol–water partition coefficient (Wildman–Crippen LogP) is 2.40. The van der Waals surface area contributed by atoms with Crippen LogP contribution >= 0.6 is 0 Å². The third kappa shape index (κ3) is 5.37. The molecule has 0 radical (unpaired) electrons. The van der Waals surface area contributed by atoms with E-state index in [9.17, 15) is 14.0 Å². The molecule has 19 heavy (non-hydrogen) atoms. The van der Waals surface area contributed by atoms with Gasteiger partial charge in [-0.1, -0.05) is 19.9 Å². The van der Waals surface area contributed by atoms with Crippen LogP contribution in [-0.2, 0) is 4.79 Å². The molecule has 0 unspecified atom stereocenters. The Morgan fingerprint density at radius 2 is 2.11 bits per heavy atom. The molecule has 0 atom stereocenters. The number of aliphatic carboxylic acids is 1. The van der Waals surface area contributed by atoms with Gasteiger partial charge in [0, 0.05) is 12.2 Å². The first-order valence-electron chi connectivity index (χ1n) is 5.91. The van der Waals surface area contributed by atoms with Crippen LogP contribution in [0.1, 0.15) is 13.8 Å². The number of carbonyl (C=O) groups excluding carboxylic acids is 1. The van der Waals surface area contributed by atoms with Gasteiger partial charge in [-0.25, -0.2) is 9.18 Å². The van der Waals surface area contributed by atoms with Crippen molar-refractivity contribution in [2.75, 3.05) is 18.4 Å². The van der Waals surface area contributed by atoms with Gasteiger partial charge in [0.15, 0.2) is 0 Å². The predicted molar refractivity (Wildman–Crippen MR) is 69.5 cm³/mol. The van der Waals surface area contributed by atoms with Crippen LogP contribution in [0.25, 0.3) is 0 Å². The Balaban J connectivity index is 2.73. The van der Waals surface area contributed by atoms with Crippen molar-refractivity contribution in [3.63, 3.8) is 0 Å². The molecule has 0 saturated carbocycles. The van der Waals surface area contributed by atoms with Gasteiger partial charge in [-0.3, -0.25) is 4.79 Å². The van der Waals surface area contributed by atoms with Gasteiger partial charge in [0.1, 0.15) is 12.4 Å². The Morgan fingerprint density at radius 3 is 2.63 bits per heavy atom. The van der Waals surface area contributed by atoms with Crippen molar-refractivity contribution in [1.29, 1.82) is 0 Å². The standard InChI is InChI=1S/C13H17FN2O3/c1-9(2)7-16(8-12(17)18)13(19)15-11-5-3-4-10(14)6-11/h3-6,9H,7-8H2,1-2H3,(H,15,19)(H,17,18). The van der Waals surface area contributed by atoms with Crippen LogP contribution in [0, 0.1) is 11.7 Å². The fourth-order valence-corrected chi connectivity index (χ4v) is 1.59. The zero-order valence-electron chi connectivity index (χ0n) is 10.9. The van der Waals surface area contributed by atoms with Crippen molar-refractivity contribution in [2.24, 2.45) is 5.92 Å². The number of urea groups is 1. The normalized spacial score (nSPS) is 10.3. The van der Waals surface area contributed by atoms with Crippen LogP contribution in [0.4, 0.5) is 14.9 Å². The quantitative estimate of drug-likeness (QED) is 0.861. The summed E-state index contributed by atoms with van der Waals surface area (Å²) in [4.78, 5) is 23.8. The maximum Gasteiger partial charge on any atom is 0.323 e. The van der Waals surface area contributed by atoms with E-state index in [0.717, 1.165) is 0 Å². The monoisotopic (exact) mass is 268 g/mol. The van der Waals surface area contributed by atoms with Crippen LogP contribution < -0.4 is 5.32 Å². The van der Waals surface area contributed by atoms with E-state index in [1.165, 1.54) is 29.2 Å². The molecule has 0 saturated heterocycles. The van der Waals surface area contributed by atoms with Crippen LogP contribution in [-0.4, -0.2) is 35.1 Å². The molecule has 0 fully saturated rings. The number of anilines is 1. The van der Waals surface area contributed by atoms with Gasteiger partial charge in [0.2, 0.25) is 0 Å². The van der Waals surface area contributed by atoms with Crippen molar-refractivity contribution in [3.05, 3.63) is 30.1 Å². The first-order chi connectivity index (χ1) is 8.88. The molecule has 2 N–H and O–H groups in total. The maximum absolute atomic E-state index is 13.0. The van der Waals surface area contributed by atoms with Gasteiger partial charge < -0.3 is 15.3 Å². The highest BCUT2D eigenvalue weighted by Gasteiger charge is 2.18. The lowest BCUT2D eigenvalue weighted by Gasteiger charge is -2.23. The number of carboxylic acids is 1. The van der Waals surface area contributed by atoms with Gasteiger partial charge >= 0.3 is 12.0 Å². The molecule has 5 nitrogen and oxygen atoms in total. The lowest BCUT2D eigenvalue weighted by atomic mass is 10.2. The Morgan fingerprint density at radius 1 is 1.42 bits per heavy atom. The average molecular weight is 268 g/mol. The first-order valence-corrected chi connectivity index (χ1v) is 5.91. The Bertz CT molecular complexity index is 463. The fourth-order valence-electron chi connectivity index (χ4n) is 1.59. The summed E-state index contributed by atoms with van der Waals surface area (Å²) < 4.78 is 13.0.